The second kappa shape index (κ2) is 5.03. The van der Waals surface area contributed by atoms with Crippen LogP contribution in [0.4, 0.5) is 0 Å². The Bertz CT molecular complexity index is 674. The monoisotopic (exact) mass is 301 g/mol. The minimum Gasteiger partial charge on any atom is -0.491 e. The van der Waals surface area contributed by atoms with Crippen molar-refractivity contribution in [1.29, 1.82) is 0 Å². The molecule has 0 radical (unpaired) electrons. The summed E-state index contributed by atoms with van der Waals surface area (Å²) in [5.74, 6) is 0.820. The first-order valence-corrected chi connectivity index (χ1v) is 7.83. The van der Waals surface area contributed by atoms with Crippen molar-refractivity contribution in [1.82, 2.24) is 4.98 Å². The molecular formula is C17H24BNO3. The average Bonchev–Trinajstić information content (AvgIpc) is 2.91. The molecule has 0 spiro atoms. The van der Waals surface area contributed by atoms with Gasteiger partial charge >= 0.3 is 7.12 Å². The molecule has 0 amide bonds. The molecule has 1 aromatic heterocycles. The Morgan fingerprint density at radius 3 is 2.27 bits per heavy atom. The Hall–Kier alpha value is -1.46. The standard InChI is InChI=1S/C17H24BNO3/c1-11(2)20-14-8-7-13-12(9-10-19-13)15(14)18-21-16(3,4)17(5,6)22-18/h7-11,19H,1-6H3. The van der Waals surface area contributed by atoms with Gasteiger partial charge < -0.3 is 19.0 Å². The Balaban J connectivity index is 2.11. The third kappa shape index (κ3) is 2.42. The van der Waals surface area contributed by atoms with Gasteiger partial charge in [-0.3, -0.25) is 0 Å². The zero-order valence-electron chi connectivity index (χ0n) is 14.2. The fourth-order valence-electron chi connectivity index (χ4n) is 2.70. The van der Waals surface area contributed by atoms with Crippen molar-refractivity contribution in [3.05, 3.63) is 24.4 Å². The molecule has 1 aliphatic rings. The van der Waals surface area contributed by atoms with Crippen LogP contribution in [-0.2, 0) is 9.31 Å². The fourth-order valence-corrected chi connectivity index (χ4v) is 2.70. The van der Waals surface area contributed by atoms with E-state index in [1.165, 1.54) is 0 Å². The predicted molar refractivity (Wildman–Crippen MR) is 89.8 cm³/mol. The lowest BCUT2D eigenvalue weighted by molar-refractivity contribution is 0.00578. The fraction of sp³-hybridized carbons (Fsp3) is 0.529. The van der Waals surface area contributed by atoms with E-state index >= 15 is 0 Å². The number of hydrogen-bond donors (Lipinski definition) is 1. The maximum atomic E-state index is 6.23. The van der Waals surface area contributed by atoms with E-state index < -0.39 is 7.12 Å². The summed E-state index contributed by atoms with van der Waals surface area (Å²) >= 11 is 0. The molecule has 0 aliphatic carbocycles. The van der Waals surface area contributed by atoms with Crippen LogP contribution in [0, 0.1) is 0 Å². The van der Waals surface area contributed by atoms with Crippen molar-refractivity contribution < 1.29 is 14.0 Å². The Morgan fingerprint density at radius 1 is 1.05 bits per heavy atom. The number of ether oxygens (including phenoxy) is 1. The molecule has 4 nitrogen and oxygen atoms in total. The molecule has 0 unspecified atom stereocenters. The average molecular weight is 301 g/mol. The molecule has 3 rings (SSSR count). The molecule has 1 aromatic carbocycles. The second-order valence-corrected chi connectivity index (χ2v) is 7.17. The highest BCUT2D eigenvalue weighted by atomic mass is 16.7. The molecule has 5 heteroatoms. The van der Waals surface area contributed by atoms with Crippen molar-refractivity contribution in [3.63, 3.8) is 0 Å². The number of rotatable bonds is 3. The van der Waals surface area contributed by atoms with Crippen LogP contribution < -0.4 is 10.2 Å². The van der Waals surface area contributed by atoms with Crippen LogP contribution in [0.3, 0.4) is 0 Å². The summed E-state index contributed by atoms with van der Waals surface area (Å²) in [6.45, 7) is 12.3. The summed E-state index contributed by atoms with van der Waals surface area (Å²) in [6, 6.07) is 6.06. The Kier molecular flexibility index (Phi) is 3.53. The van der Waals surface area contributed by atoms with Crippen molar-refractivity contribution in [3.8, 4) is 5.75 Å². The lowest BCUT2D eigenvalue weighted by Gasteiger charge is -2.32. The minimum absolute atomic E-state index is 0.0950. The zero-order chi connectivity index (χ0) is 16.1. The largest absolute Gasteiger partial charge is 0.499 e. The van der Waals surface area contributed by atoms with Crippen LogP contribution in [-0.4, -0.2) is 29.4 Å². The van der Waals surface area contributed by atoms with E-state index in [1.54, 1.807) is 0 Å². The highest BCUT2D eigenvalue weighted by molar-refractivity contribution is 6.66. The van der Waals surface area contributed by atoms with E-state index in [0.29, 0.717) is 0 Å². The summed E-state index contributed by atoms with van der Waals surface area (Å²) in [5.41, 5.74) is 1.28. The van der Waals surface area contributed by atoms with Crippen molar-refractivity contribution in [2.75, 3.05) is 0 Å². The van der Waals surface area contributed by atoms with Crippen LogP contribution in [0.1, 0.15) is 41.5 Å². The second-order valence-electron chi connectivity index (χ2n) is 7.17. The van der Waals surface area contributed by atoms with Crippen LogP contribution in [0.25, 0.3) is 10.9 Å². The van der Waals surface area contributed by atoms with E-state index in [2.05, 4.69) is 32.7 Å². The molecule has 1 aliphatic heterocycles. The van der Waals surface area contributed by atoms with Crippen molar-refractivity contribution >= 4 is 23.5 Å². The third-order valence-electron chi connectivity index (χ3n) is 4.59. The topological polar surface area (TPSA) is 43.5 Å². The third-order valence-corrected chi connectivity index (χ3v) is 4.59. The highest BCUT2D eigenvalue weighted by Crippen LogP contribution is 2.38. The smallest absolute Gasteiger partial charge is 0.491 e. The van der Waals surface area contributed by atoms with Gasteiger partial charge in [0.15, 0.2) is 0 Å². The zero-order valence-corrected chi connectivity index (χ0v) is 14.2. The number of aromatic amines is 1. The molecule has 1 fully saturated rings. The van der Waals surface area contributed by atoms with E-state index in [4.69, 9.17) is 14.0 Å². The van der Waals surface area contributed by atoms with Crippen LogP contribution >= 0.6 is 0 Å². The van der Waals surface area contributed by atoms with Crippen LogP contribution in [0.5, 0.6) is 5.75 Å². The van der Waals surface area contributed by atoms with Gasteiger partial charge in [-0.1, -0.05) is 0 Å². The molecule has 2 aromatic rings. The molecule has 0 bridgehead atoms. The van der Waals surface area contributed by atoms with Crippen molar-refractivity contribution in [2.45, 2.75) is 58.8 Å². The SMILES string of the molecule is CC(C)Oc1ccc2[nH]ccc2c1B1OC(C)(C)C(C)(C)O1. The van der Waals surface area contributed by atoms with Gasteiger partial charge in [-0.15, -0.1) is 0 Å². The van der Waals surface area contributed by atoms with E-state index in [9.17, 15) is 0 Å². The van der Waals surface area contributed by atoms with Gasteiger partial charge in [-0.2, -0.15) is 0 Å². The summed E-state index contributed by atoms with van der Waals surface area (Å²) < 4.78 is 18.5. The summed E-state index contributed by atoms with van der Waals surface area (Å²) in [5, 5.41) is 1.08. The summed E-state index contributed by atoms with van der Waals surface area (Å²) in [6.07, 6.45) is 2.02. The number of nitrogens with one attached hydrogen (secondary N) is 1. The number of aromatic nitrogens is 1. The first-order valence-electron chi connectivity index (χ1n) is 7.83. The van der Waals surface area contributed by atoms with Gasteiger partial charge in [0, 0.05) is 22.6 Å². The van der Waals surface area contributed by atoms with E-state index in [0.717, 1.165) is 22.1 Å². The molecule has 22 heavy (non-hydrogen) atoms. The normalized spacial score (nSPS) is 20.0. The van der Waals surface area contributed by atoms with Gasteiger partial charge in [0.2, 0.25) is 0 Å². The number of benzene rings is 1. The Morgan fingerprint density at radius 2 is 1.68 bits per heavy atom. The maximum absolute atomic E-state index is 6.23. The highest BCUT2D eigenvalue weighted by Gasteiger charge is 2.53. The van der Waals surface area contributed by atoms with Gasteiger partial charge in [0.1, 0.15) is 5.75 Å². The molecule has 2 heterocycles. The van der Waals surface area contributed by atoms with E-state index in [1.807, 2.05) is 38.2 Å². The number of hydrogen-bond acceptors (Lipinski definition) is 3. The molecule has 1 saturated heterocycles. The summed E-state index contributed by atoms with van der Waals surface area (Å²) in [7, 11) is -0.432. The van der Waals surface area contributed by atoms with Gasteiger partial charge in [0.25, 0.3) is 0 Å². The van der Waals surface area contributed by atoms with Crippen LogP contribution in [0.2, 0.25) is 0 Å². The van der Waals surface area contributed by atoms with Gasteiger partial charge in [-0.05, 0) is 59.7 Å². The van der Waals surface area contributed by atoms with Gasteiger partial charge in [-0.25, -0.2) is 0 Å². The van der Waals surface area contributed by atoms with Gasteiger partial charge in [0.05, 0.1) is 17.3 Å². The lowest BCUT2D eigenvalue weighted by Crippen LogP contribution is -2.41. The lowest BCUT2D eigenvalue weighted by atomic mass is 9.76. The Labute approximate surface area is 132 Å². The first-order chi connectivity index (χ1) is 10.2. The summed E-state index contributed by atoms with van der Waals surface area (Å²) in [4.78, 5) is 3.24. The number of fused-ring (bicyclic) bond motifs is 1. The molecule has 0 atom stereocenters. The van der Waals surface area contributed by atoms with Crippen molar-refractivity contribution in [2.24, 2.45) is 0 Å². The van der Waals surface area contributed by atoms with E-state index in [-0.39, 0.29) is 17.3 Å². The molecule has 118 valence electrons. The predicted octanol–water partition coefficient (Wildman–Crippen LogP) is 3.25. The number of H-pyrrole nitrogens is 1. The molecule has 1 N–H and O–H groups in total. The molecular weight excluding hydrogens is 277 g/mol. The van der Waals surface area contributed by atoms with Crippen LogP contribution in [0.15, 0.2) is 24.4 Å². The maximum Gasteiger partial charge on any atom is 0.499 e. The first kappa shape index (κ1) is 15.4. The minimum atomic E-state index is -0.432. The quantitative estimate of drug-likeness (QED) is 0.885. The molecule has 0 saturated carbocycles.